The van der Waals surface area contributed by atoms with Crippen LogP contribution in [-0.2, 0) is 22.7 Å². The van der Waals surface area contributed by atoms with Crippen molar-refractivity contribution in [3.05, 3.63) is 34.9 Å². The predicted octanol–water partition coefficient (Wildman–Crippen LogP) is 1.44. The van der Waals surface area contributed by atoms with E-state index in [0.717, 1.165) is 23.5 Å². The normalized spacial score (nSPS) is 33.0. The van der Waals surface area contributed by atoms with E-state index in [2.05, 4.69) is 16.7 Å². The Bertz CT molecular complexity index is 892. The van der Waals surface area contributed by atoms with Crippen LogP contribution in [0.15, 0.2) is 18.2 Å². The van der Waals surface area contributed by atoms with Crippen molar-refractivity contribution in [2.24, 2.45) is 17.6 Å². The molecule has 3 amide bonds. The van der Waals surface area contributed by atoms with E-state index in [1.807, 2.05) is 12.1 Å². The fraction of sp³-hybridized carbons (Fsp3) is 0.609. The molecule has 1 saturated heterocycles. The first-order valence-electron chi connectivity index (χ1n) is 11.2. The van der Waals surface area contributed by atoms with Crippen LogP contribution in [-0.4, -0.2) is 40.7 Å². The second kappa shape index (κ2) is 7.46. The molecule has 7 heteroatoms. The summed E-state index contributed by atoms with van der Waals surface area (Å²) in [5, 5.41) is 6.13. The number of fused-ring (bicyclic) bond motifs is 4. The molecule has 1 aromatic rings. The van der Waals surface area contributed by atoms with Crippen LogP contribution >= 0.6 is 0 Å². The number of hydrogen-bond donors (Lipinski definition) is 3. The number of hydrogen-bond acceptors (Lipinski definition) is 5. The Morgan fingerprint density at radius 1 is 1.13 bits per heavy atom. The summed E-state index contributed by atoms with van der Waals surface area (Å²) in [5.74, 6) is 0.679. The van der Waals surface area contributed by atoms with Crippen molar-refractivity contribution in [3.8, 4) is 0 Å². The third-order valence-electron chi connectivity index (χ3n) is 7.88. The van der Waals surface area contributed by atoms with Gasteiger partial charge in [-0.3, -0.25) is 19.7 Å². The zero-order valence-electron chi connectivity index (χ0n) is 17.3. The molecule has 6 rings (SSSR count). The molecule has 0 aromatic heterocycles. The van der Waals surface area contributed by atoms with Gasteiger partial charge in [-0.1, -0.05) is 25.0 Å². The number of piperidine rings is 1. The summed E-state index contributed by atoms with van der Waals surface area (Å²) in [7, 11) is 0. The van der Waals surface area contributed by atoms with E-state index in [4.69, 9.17) is 5.73 Å². The summed E-state index contributed by atoms with van der Waals surface area (Å²) in [6.07, 6.45) is 7.00. The lowest BCUT2D eigenvalue weighted by molar-refractivity contribution is -0.136. The van der Waals surface area contributed by atoms with Crippen molar-refractivity contribution in [1.29, 1.82) is 0 Å². The molecule has 2 atom stereocenters. The first kappa shape index (κ1) is 19.7. The molecule has 5 aliphatic rings. The van der Waals surface area contributed by atoms with Crippen molar-refractivity contribution in [2.75, 3.05) is 6.54 Å². The first-order chi connectivity index (χ1) is 14.5. The number of rotatable bonds is 5. The molecule has 3 aliphatic carbocycles. The molecule has 30 heavy (non-hydrogen) atoms. The van der Waals surface area contributed by atoms with Gasteiger partial charge in [0.25, 0.3) is 5.91 Å². The molecule has 3 saturated carbocycles. The van der Waals surface area contributed by atoms with Gasteiger partial charge in [-0.15, -0.1) is 0 Å². The number of imide groups is 1. The number of carbonyl (C=O) groups is 3. The minimum atomic E-state index is -0.567. The van der Waals surface area contributed by atoms with E-state index in [1.54, 1.807) is 4.90 Å². The van der Waals surface area contributed by atoms with E-state index in [1.165, 1.54) is 25.7 Å². The number of amides is 3. The summed E-state index contributed by atoms with van der Waals surface area (Å²) in [6.45, 7) is 1.77. The zero-order chi connectivity index (χ0) is 20.9. The van der Waals surface area contributed by atoms with E-state index in [0.29, 0.717) is 37.5 Å². The van der Waals surface area contributed by atoms with Crippen LogP contribution in [0.5, 0.6) is 0 Å². The number of nitrogens with zero attached hydrogens (tertiary/aromatic N) is 1. The molecule has 7 nitrogen and oxygen atoms in total. The molecule has 0 spiro atoms. The van der Waals surface area contributed by atoms with Gasteiger partial charge in [0.2, 0.25) is 11.8 Å². The highest BCUT2D eigenvalue weighted by molar-refractivity contribution is 6.05. The summed E-state index contributed by atoms with van der Waals surface area (Å²) in [4.78, 5) is 38.3. The molecule has 2 unspecified atom stereocenters. The first-order valence-corrected chi connectivity index (χ1v) is 11.2. The molecular weight excluding hydrogens is 380 g/mol. The Kier molecular flexibility index (Phi) is 4.90. The second-order valence-corrected chi connectivity index (χ2v) is 9.53. The maximum absolute atomic E-state index is 13.0. The van der Waals surface area contributed by atoms with E-state index in [-0.39, 0.29) is 29.7 Å². The van der Waals surface area contributed by atoms with Crippen LogP contribution in [0, 0.1) is 11.8 Å². The zero-order valence-corrected chi connectivity index (χ0v) is 17.3. The molecule has 1 aromatic carbocycles. The minimum Gasteiger partial charge on any atom is -0.329 e. The average Bonchev–Trinajstić information content (AvgIpc) is 3.09. The SMILES string of the molecule is NCC1(NCc2ccc3c(c2)C(=O)N(C2CCC(=O)NC2=O)C3)CC2CCC1CC2. The van der Waals surface area contributed by atoms with Crippen LogP contribution in [0.25, 0.3) is 0 Å². The van der Waals surface area contributed by atoms with Crippen molar-refractivity contribution in [2.45, 2.75) is 69.6 Å². The monoisotopic (exact) mass is 410 g/mol. The van der Waals surface area contributed by atoms with E-state index >= 15 is 0 Å². The van der Waals surface area contributed by atoms with Gasteiger partial charge in [0.1, 0.15) is 6.04 Å². The van der Waals surface area contributed by atoms with Gasteiger partial charge in [0, 0.05) is 37.2 Å². The maximum Gasteiger partial charge on any atom is 0.255 e. The second-order valence-electron chi connectivity index (χ2n) is 9.53. The molecule has 160 valence electrons. The van der Waals surface area contributed by atoms with E-state index < -0.39 is 6.04 Å². The molecule has 2 heterocycles. The fourth-order valence-corrected chi connectivity index (χ4v) is 6.13. The van der Waals surface area contributed by atoms with E-state index in [9.17, 15) is 14.4 Å². The topological polar surface area (TPSA) is 105 Å². The maximum atomic E-state index is 13.0. The summed E-state index contributed by atoms with van der Waals surface area (Å²) < 4.78 is 0. The molecule has 2 aliphatic heterocycles. The standard InChI is InChI=1S/C23H30N4O3/c24-13-23(10-14-2-5-17(23)6-3-14)25-11-15-1-4-16-12-27(22(30)18(16)9-15)19-7-8-20(28)26-21(19)29/h1,4,9,14,17,19,25H,2-3,5-8,10-13,24H2,(H,26,28,29). The summed E-state index contributed by atoms with van der Waals surface area (Å²) in [5.41, 5.74) is 8.94. The molecular formula is C23H30N4O3. The third kappa shape index (κ3) is 3.24. The van der Waals surface area contributed by atoms with Gasteiger partial charge in [-0.25, -0.2) is 0 Å². The van der Waals surface area contributed by atoms with Crippen molar-refractivity contribution in [3.63, 3.8) is 0 Å². The van der Waals surface area contributed by atoms with Crippen LogP contribution in [0.4, 0.5) is 0 Å². The Morgan fingerprint density at radius 3 is 2.60 bits per heavy atom. The predicted molar refractivity (Wildman–Crippen MR) is 111 cm³/mol. The smallest absolute Gasteiger partial charge is 0.255 e. The lowest BCUT2D eigenvalue weighted by Crippen LogP contribution is -2.61. The number of nitrogens with two attached hydrogens (primary N) is 1. The fourth-order valence-electron chi connectivity index (χ4n) is 6.13. The Labute approximate surface area is 176 Å². The average molecular weight is 411 g/mol. The van der Waals surface area contributed by atoms with Gasteiger partial charge >= 0.3 is 0 Å². The third-order valence-corrected chi connectivity index (χ3v) is 7.88. The Balaban J connectivity index is 1.29. The van der Waals surface area contributed by atoms with Crippen LogP contribution in [0.3, 0.4) is 0 Å². The Hall–Kier alpha value is -2.25. The van der Waals surface area contributed by atoms with Crippen LogP contribution in [0.1, 0.15) is 66.4 Å². The minimum absolute atomic E-state index is 0.0168. The van der Waals surface area contributed by atoms with Gasteiger partial charge in [0.15, 0.2) is 0 Å². The molecule has 4 N–H and O–H groups in total. The van der Waals surface area contributed by atoms with Crippen LogP contribution < -0.4 is 16.4 Å². The van der Waals surface area contributed by atoms with Gasteiger partial charge < -0.3 is 16.0 Å². The highest BCUT2D eigenvalue weighted by Crippen LogP contribution is 2.47. The Morgan fingerprint density at radius 2 is 1.93 bits per heavy atom. The van der Waals surface area contributed by atoms with Crippen molar-refractivity contribution < 1.29 is 14.4 Å². The van der Waals surface area contributed by atoms with Crippen LogP contribution in [0.2, 0.25) is 0 Å². The molecule has 4 fully saturated rings. The molecule has 2 bridgehead atoms. The lowest BCUT2D eigenvalue weighted by atomic mass is 9.60. The number of carbonyl (C=O) groups excluding carboxylic acids is 3. The van der Waals surface area contributed by atoms with Gasteiger partial charge in [-0.2, -0.15) is 0 Å². The summed E-state index contributed by atoms with van der Waals surface area (Å²) >= 11 is 0. The highest BCUT2D eigenvalue weighted by Gasteiger charge is 2.46. The molecule has 0 radical (unpaired) electrons. The van der Waals surface area contributed by atoms with Gasteiger partial charge in [-0.05, 0) is 54.7 Å². The number of benzene rings is 1. The largest absolute Gasteiger partial charge is 0.329 e. The lowest BCUT2D eigenvalue weighted by Gasteiger charge is -2.52. The van der Waals surface area contributed by atoms with Gasteiger partial charge in [0.05, 0.1) is 0 Å². The quantitative estimate of drug-likeness (QED) is 0.637. The number of nitrogens with one attached hydrogen (secondary N) is 2. The van der Waals surface area contributed by atoms with Crippen molar-refractivity contribution >= 4 is 17.7 Å². The summed E-state index contributed by atoms with van der Waals surface area (Å²) in [6, 6.07) is 5.46. The highest BCUT2D eigenvalue weighted by atomic mass is 16.2. The van der Waals surface area contributed by atoms with Crippen molar-refractivity contribution in [1.82, 2.24) is 15.5 Å².